The summed E-state index contributed by atoms with van der Waals surface area (Å²) in [4.78, 5) is 4.32. The van der Waals surface area contributed by atoms with Crippen LogP contribution < -0.4 is 0 Å². The number of aromatic nitrogens is 1. The summed E-state index contributed by atoms with van der Waals surface area (Å²) in [6.07, 6.45) is 2.63. The number of hydrogen-bond donors (Lipinski definition) is 0. The first-order valence-electron chi connectivity index (χ1n) is 6.58. The number of pyridine rings is 1. The number of aryl methyl sites for hydroxylation is 1. The average molecular weight is 269 g/mol. The smallest absolute Gasteiger partial charge is 0.374 e. The molecule has 0 aliphatic rings. The van der Waals surface area contributed by atoms with Gasteiger partial charge >= 0.3 is 8.80 Å². The molecule has 5 heteroatoms. The molecule has 0 saturated carbocycles. The maximum Gasteiger partial charge on any atom is 0.501 e. The van der Waals surface area contributed by atoms with E-state index in [-0.39, 0.29) is 0 Å². The van der Waals surface area contributed by atoms with Crippen LogP contribution in [-0.2, 0) is 19.7 Å². The van der Waals surface area contributed by atoms with E-state index in [2.05, 4.69) is 4.98 Å². The molecule has 0 N–H and O–H groups in total. The van der Waals surface area contributed by atoms with Crippen molar-refractivity contribution < 1.29 is 13.3 Å². The molecular weight excluding hydrogens is 246 g/mol. The zero-order chi connectivity index (χ0) is 13.3. The minimum absolute atomic E-state index is 0.619. The molecule has 0 fully saturated rings. The van der Waals surface area contributed by atoms with Gasteiger partial charge in [-0.15, -0.1) is 0 Å². The minimum atomic E-state index is -2.52. The summed E-state index contributed by atoms with van der Waals surface area (Å²) < 4.78 is 17.4. The Bertz CT molecular complexity index is 304. The Morgan fingerprint density at radius 1 is 1.00 bits per heavy atom. The maximum atomic E-state index is 5.80. The Kier molecular flexibility index (Phi) is 7.11. The molecular formula is C13H23NO3Si. The van der Waals surface area contributed by atoms with Gasteiger partial charge < -0.3 is 13.3 Å². The van der Waals surface area contributed by atoms with Crippen LogP contribution in [-0.4, -0.2) is 33.6 Å². The molecule has 0 amide bonds. The van der Waals surface area contributed by atoms with Gasteiger partial charge in [-0.3, -0.25) is 4.98 Å². The quantitative estimate of drug-likeness (QED) is 0.646. The normalized spacial score (nSPS) is 11.7. The fraction of sp³-hybridized carbons (Fsp3) is 0.615. The molecule has 0 aliphatic carbocycles. The molecule has 0 bridgehead atoms. The van der Waals surface area contributed by atoms with Crippen LogP contribution in [0.3, 0.4) is 0 Å². The van der Waals surface area contributed by atoms with Crippen LogP contribution in [0, 0.1) is 0 Å². The first-order valence-corrected chi connectivity index (χ1v) is 8.51. The number of rotatable bonds is 9. The van der Waals surface area contributed by atoms with Gasteiger partial charge in [0.25, 0.3) is 0 Å². The van der Waals surface area contributed by atoms with Crippen molar-refractivity contribution >= 4 is 8.80 Å². The average Bonchev–Trinajstić information content (AvgIpc) is 2.39. The molecule has 1 aromatic heterocycles. The SMILES string of the molecule is CCO[Si](CCc1ccccn1)(OCC)OCC. The monoisotopic (exact) mass is 269 g/mol. The van der Waals surface area contributed by atoms with Crippen molar-refractivity contribution in [1.29, 1.82) is 0 Å². The summed E-state index contributed by atoms with van der Waals surface area (Å²) in [5.41, 5.74) is 1.05. The molecule has 102 valence electrons. The van der Waals surface area contributed by atoms with E-state index in [1.807, 2.05) is 39.0 Å². The topological polar surface area (TPSA) is 40.6 Å². The van der Waals surface area contributed by atoms with Crippen LogP contribution >= 0.6 is 0 Å². The molecule has 0 aliphatic heterocycles. The highest BCUT2D eigenvalue weighted by molar-refractivity contribution is 6.60. The van der Waals surface area contributed by atoms with Gasteiger partial charge in [0.05, 0.1) is 0 Å². The second-order valence-corrected chi connectivity index (χ2v) is 6.54. The highest BCUT2D eigenvalue weighted by atomic mass is 28.4. The van der Waals surface area contributed by atoms with Gasteiger partial charge in [0.1, 0.15) is 0 Å². The second-order valence-electron chi connectivity index (χ2n) is 3.80. The molecule has 0 aromatic carbocycles. The van der Waals surface area contributed by atoms with Crippen LogP contribution in [0.25, 0.3) is 0 Å². The van der Waals surface area contributed by atoms with E-state index < -0.39 is 8.80 Å². The van der Waals surface area contributed by atoms with Crippen molar-refractivity contribution in [3.05, 3.63) is 30.1 Å². The lowest BCUT2D eigenvalue weighted by Gasteiger charge is -2.28. The fourth-order valence-corrected chi connectivity index (χ4v) is 4.39. The van der Waals surface area contributed by atoms with Gasteiger partial charge in [-0.05, 0) is 39.3 Å². The lowest BCUT2D eigenvalue weighted by atomic mass is 10.3. The summed E-state index contributed by atoms with van der Waals surface area (Å²) in [6, 6.07) is 6.71. The molecule has 1 rings (SSSR count). The third-order valence-corrected chi connectivity index (χ3v) is 5.55. The van der Waals surface area contributed by atoms with Crippen LogP contribution in [0.2, 0.25) is 6.04 Å². The highest BCUT2D eigenvalue weighted by Crippen LogP contribution is 2.18. The first-order chi connectivity index (χ1) is 8.76. The minimum Gasteiger partial charge on any atom is -0.374 e. The van der Waals surface area contributed by atoms with Gasteiger partial charge in [0.15, 0.2) is 0 Å². The van der Waals surface area contributed by atoms with Crippen molar-refractivity contribution in [3.63, 3.8) is 0 Å². The van der Waals surface area contributed by atoms with E-state index in [1.54, 1.807) is 6.20 Å². The molecule has 0 spiro atoms. The van der Waals surface area contributed by atoms with Crippen LogP contribution in [0.15, 0.2) is 24.4 Å². The van der Waals surface area contributed by atoms with Gasteiger partial charge in [-0.25, -0.2) is 0 Å². The van der Waals surface area contributed by atoms with Crippen molar-refractivity contribution in [1.82, 2.24) is 4.98 Å². The fourth-order valence-electron chi connectivity index (χ4n) is 1.83. The molecule has 0 radical (unpaired) electrons. The van der Waals surface area contributed by atoms with Gasteiger partial charge in [-0.2, -0.15) is 0 Å². The molecule has 0 atom stereocenters. The Morgan fingerprint density at radius 3 is 2.06 bits per heavy atom. The van der Waals surface area contributed by atoms with E-state index in [0.29, 0.717) is 19.8 Å². The van der Waals surface area contributed by atoms with Gasteiger partial charge in [0, 0.05) is 37.8 Å². The van der Waals surface area contributed by atoms with Crippen LogP contribution in [0.5, 0.6) is 0 Å². The first kappa shape index (κ1) is 15.3. The standard InChI is InChI=1S/C13H23NO3Si/c1-4-15-18(16-5-2,17-6-3)12-10-13-9-7-8-11-14-13/h7-9,11H,4-6,10,12H2,1-3H3. The Labute approximate surface area is 111 Å². The summed E-state index contributed by atoms with van der Waals surface area (Å²) in [7, 11) is -2.52. The summed E-state index contributed by atoms with van der Waals surface area (Å²) in [5, 5.41) is 0. The zero-order valence-electron chi connectivity index (χ0n) is 11.5. The molecule has 18 heavy (non-hydrogen) atoms. The zero-order valence-corrected chi connectivity index (χ0v) is 12.5. The Hall–Kier alpha value is -0.753. The number of hydrogen-bond acceptors (Lipinski definition) is 4. The maximum absolute atomic E-state index is 5.80. The van der Waals surface area contributed by atoms with Gasteiger partial charge in [0.2, 0.25) is 0 Å². The number of nitrogens with zero attached hydrogens (tertiary/aromatic N) is 1. The molecule has 1 aromatic rings. The molecule has 4 nitrogen and oxygen atoms in total. The lowest BCUT2D eigenvalue weighted by Crippen LogP contribution is -2.46. The van der Waals surface area contributed by atoms with Crippen molar-refractivity contribution in [2.75, 3.05) is 19.8 Å². The summed E-state index contributed by atoms with van der Waals surface area (Å²) in [5.74, 6) is 0. The van der Waals surface area contributed by atoms with Crippen LogP contribution in [0.1, 0.15) is 26.5 Å². The van der Waals surface area contributed by atoms with Crippen LogP contribution in [0.4, 0.5) is 0 Å². The predicted molar refractivity (Wildman–Crippen MR) is 73.4 cm³/mol. The van der Waals surface area contributed by atoms with E-state index in [1.165, 1.54) is 0 Å². The predicted octanol–water partition coefficient (Wildman–Crippen LogP) is 2.67. The molecule has 0 saturated heterocycles. The largest absolute Gasteiger partial charge is 0.501 e. The highest BCUT2D eigenvalue weighted by Gasteiger charge is 2.39. The van der Waals surface area contributed by atoms with E-state index >= 15 is 0 Å². The Morgan fingerprint density at radius 2 is 1.61 bits per heavy atom. The van der Waals surface area contributed by atoms with Gasteiger partial charge in [-0.1, -0.05) is 6.07 Å². The van der Waals surface area contributed by atoms with E-state index in [4.69, 9.17) is 13.3 Å². The van der Waals surface area contributed by atoms with E-state index in [9.17, 15) is 0 Å². The molecule has 1 heterocycles. The van der Waals surface area contributed by atoms with Crippen molar-refractivity contribution in [2.24, 2.45) is 0 Å². The molecule has 0 unspecified atom stereocenters. The summed E-state index contributed by atoms with van der Waals surface area (Å²) in [6.45, 7) is 7.78. The second kappa shape index (κ2) is 8.37. The third-order valence-electron chi connectivity index (χ3n) is 2.51. The summed E-state index contributed by atoms with van der Waals surface area (Å²) >= 11 is 0. The Balaban J connectivity index is 2.64. The third kappa shape index (κ3) is 4.86. The lowest BCUT2D eigenvalue weighted by molar-refractivity contribution is 0.0713. The van der Waals surface area contributed by atoms with E-state index in [0.717, 1.165) is 18.2 Å². The van der Waals surface area contributed by atoms with Crippen molar-refractivity contribution in [3.8, 4) is 0 Å². The van der Waals surface area contributed by atoms with Crippen molar-refractivity contribution in [2.45, 2.75) is 33.2 Å².